The van der Waals surface area contributed by atoms with E-state index in [-0.39, 0.29) is 5.88 Å². The Hall–Kier alpha value is -3.61. The summed E-state index contributed by atoms with van der Waals surface area (Å²) in [6, 6.07) is 19.8. The average Bonchev–Trinajstić information content (AvgIpc) is 2.77. The highest BCUT2D eigenvalue weighted by molar-refractivity contribution is 6.00. The van der Waals surface area contributed by atoms with Crippen LogP contribution in [0.15, 0.2) is 71.9 Å². The summed E-state index contributed by atoms with van der Waals surface area (Å²) < 4.78 is 19.4. The maximum atomic E-state index is 13.6. The van der Waals surface area contributed by atoms with Crippen LogP contribution in [0.5, 0.6) is 11.6 Å². The predicted molar refractivity (Wildman–Crippen MR) is 114 cm³/mol. The number of anilines is 1. The van der Waals surface area contributed by atoms with Crippen LogP contribution in [0.4, 0.5) is 10.1 Å². The van der Waals surface area contributed by atoms with Crippen molar-refractivity contribution in [1.29, 1.82) is 0 Å². The zero-order valence-electron chi connectivity index (χ0n) is 16.7. The van der Waals surface area contributed by atoms with Crippen molar-refractivity contribution in [2.45, 2.75) is 6.92 Å². The number of nitrogens with zero attached hydrogens (tertiary/aromatic N) is 4. The molecule has 1 aliphatic rings. The zero-order valence-corrected chi connectivity index (χ0v) is 16.7. The first-order valence-electron chi connectivity index (χ1n) is 9.82. The molecule has 1 aliphatic heterocycles. The number of ether oxygens (including phenoxy) is 1. The molecule has 0 spiro atoms. The fraction of sp³-hybridized carbons (Fsp3) is 0.217. The molecule has 0 atom stereocenters. The van der Waals surface area contributed by atoms with E-state index in [9.17, 15) is 9.60 Å². The fourth-order valence-electron chi connectivity index (χ4n) is 3.53. The van der Waals surface area contributed by atoms with Gasteiger partial charge in [-0.2, -0.15) is 0 Å². The van der Waals surface area contributed by atoms with E-state index >= 15 is 0 Å². The molecule has 1 saturated heterocycles. The molecular weight excluding hydrogens is 383 g/mol. The second kappa shape index (κ2) is 8.82. The van der Waals surface area contributed by atoms with E-state index < -0.39 is 5.82 Å². The summed E-state index contributed by atoms with van der Waals surface area (Å²) in [6.07, 6.45) is 0. The Morgan fingerprint density at radius 3 is 2.47 bits per heavy atom. The molecule has 30 heavy (non-hydrogen) atoms. The first-order chi connectivity index (χ1) is 14.6. The summed E-state index contributed by atoms with van der Waals surface area (Å²) in [5.41, 5.74) is 2.48. The molecule has 1 fully saturated rings. The van der Waals surface area contributed by atoms with Crippen LogP contribution in [0, 0.1) is 12.7 Å². The van der Waals surface area contributed by atoms with Crippen LogP contribution in [0.25, 0.3) is 0 Å². The lowest BCUT2D eigenvalue weighted by Gasteiger charge is -2.37. The van der Waals surface area contributed by atoms with Crippen molar-refractivity contribution in [3.8, 4) is 11.6 Å². The van der Waals surface area contributed by atoms with Gasteiger partial charge >= 0.3 is 0 Å². The van der Waals surface area contributed by atoms with Gasteiger partial charge in [-0.05, 0) is 43.3 Å². The van der Waals surface area contributed by atoms with Gasteiger partial charge in [0.15, 0.2) is 5.84 Å². The quantitative estimate of drug-likeness (QED) is 0.303. The van der Waals surface area contributed by atoms with Gasteiger partial charge in [0, 0.05) is 43.6 Å². The van der Waals surface area contributed by atoms with Gasteiger partial charge < -0.3 is 19.7 Å². The molecular formula is C23H23FN4O2. The summed E-state index contributed by atoms with van der Waals surface area (Å²) >= 11 is 0. The molecule has 154 valence electrons. The highest BCUT2D eigenvalue weighted by atomic mass is 19.1. The number of para-hydroxylation sites is 1. The Morgan fingerprint density at radius 2 is 1.77 bits per heavy atom. The van der Waals surface area contributed by atoms with Crippen LogP contribution in [0.3, 0.4) is 0 Å². The van der Waals surface area contributed by atoms with Gasteiger partial charge in [0.2, 0.25) is 5.88 Å². The lowest BCUT2D eigenvalue weighted by atomic mass is 10.1. The third-order valence-corrected chi connectivity index (χ3v) is 5.05. The summed E-state index contributed by atoms with van der Waals surface area (Å²) in [7, 11) is 0. The van der Waals surface area contributed by atoms with Gasteiger partial charge in [0.05, 0.1) is 5.56 Å². The molecule has 6 nitrogen and oxygen atoms in total. The standard InChI is InChI=1S/C23H23FN4O2/c1-17-10-11-21(23(25-17)30-20-9-5-6-18(24)16-20)22(26-29)28-14-12-27(13-15-28)19-7-3-2-4-8-19/h2-11,16,29H,12-15H2,1H3/b26-22-. The summed E-state index contributed by atoms with van der Waals surface area (Å²) in [4.78, 5) is 8.75. The minimum Gasteiger partial charge on any atom is -0.438 e. The Balaban J connectivity index is 1.55. The molecule has 1 N–H and O–H groups in total. The molecule has 0 saturated carbocycles. The number of pyridine rings is 1. The topological polar surface area (TPSA) is 61.2 Å². The van der Waals surface area contributed by atoms with E-state index in [2.05, 4.69) is 27.2 Å². The molecule has 3 aromatic rings. The lowest BCUT2D eigenvalue weighted by Crippen LogP contribution is -2.49. The molecule has 0 unspecified atom stereocenters. The zero-order chi connectivity index (χ0) is 20.9. The van der Waals surface area contributed by atoms with Gasteiger partial charge in [-0.25, -0.2) is 9.37 Å². The molecule has 0 radical (unpaired) electrons. The Kier molecular flexibility index (Phi) is 5.79. The second-order valence-corrected chi connectivity index (χ2v) is 7.10. The molecule has 4 rings (SSSR count). The molecule has 7 heteroatoms. The summed E-state index contributed by atoms with van der Waals surface area (Å²) in [6.45, 7) is 4.80. The number of rotatable bonds is 4. The predicted octanol–water partition coefficient (Wildman–Crippen LogP) is 4.28. The maximum Gasteiger partial charge on any atom is 0.230 e. The van der Waals surface area contributed by atoms with Crippen molar-refractivity contribution >= 4 is 11.5 Å². The third kappa shape index (κ3) is 4.35. The van der Waals surface area contributed by atoms with Crippen molar-refractivity contribution < 1.29 is 14.3 Å². The number of benzene rings is 2. The summed E-state index contributed by atoms with van der Waals surface area (Å²) in [5, 5.41) is 13.4. The van der Waals surface area contributed by atoms with Crippen LogP contribution in [0.2, 0.25) is 0 Å². The highest BCUT2D eigenvalue weighted by Gasteiger charge is 2.24. The van der Waals surface area contributed by atoms with Gasteiger partial charge in [-0.3, -0.25) is 0 Å². The van der Waals surface area contributed by atoms with Crippen LogP contribution in [0.1, 0.15) is 11.3 Å². The van der Waals surface area contributed by atoms with Crippen molar-refractivity contribution in [2.24, 2.45) is 5.16 Å². The van der Waals surface area contributed by atoms with Crippen LogP contribution >= 0.6 is 0 Å². The van der Waals surface area contributed by atoms with Crippen LogP contribution in [-0.4, -0.2) is 47.1 Å². The van der Waals surface area contributed by atoms with E-state index in [1.165, 1.54) is 17.8 Å². The monoisotopic (exact) mass is 406 g/mol. The summed E-state index contributed by atoms with van der Waals surface area (Å²) in [5.74, 6) is 0.607. The van der Waals surface area contributed by atoms with Crippen molar-refractivity contribution in [1.82, 2.24) is 9.88 Å². The number of piperazine rings is 1. The smallest absolute Gasteiger partial charge is 0.230 e. The Labute approximate surface area is 174 Å². The second-order valence-electron chi connectivity index (χ2n) is 7.10. The Bertz CT molecular complexity index is 1030. The van der Waals surface area contributed by atoms with E-state index in [1.807, 2.05) is 42.2 Å². The largest absolute Gasteiger partial charge is 0.438 e. The van der Waals surface area contributed by atoms with E-state index in [0.29, 0.717) is 30.2 Å². The number of amidine groups is 1. The van der Waals surface area contributed by atoms with E-state index in [1.54, 1.807) is 12.1 Å². The van der Waals surface area contributed by atoms with Crippen LogP contribution < -0.4 is 9.64 Å². The third-order valence-electron chi connectivity index (χ3n) is 5.05. The minimum atomic E-state index is -0.394. The number of aromatic nitrogens is 1. The van der Waals surface area contributed by atoms with Crippen molar-refractivity contribution in [3.63, 3.8) is 0 Å². The maximum absolute atomic E-state index is 13.6. The van der Waals surface area contributed by atoms with E-state index in [4.69, 9.17) is 4.74 Å². The first kappa shape index (κ1) is 19.7. The van der Waals surface area contributed by atoms with Gasteiger partial charge in [-0.1, -0.05) is 29.4 Å². The SMILES string of the molecule is Cc1ccc(/C(=N/O)N2CCN(c3ccccc3)CC2)c(Oc2cccc(F)c2)n1. The fourth-order valence-corrected chi connectivity index (χ4v) is 3.53. The molecule has 2 heterocycles. The highest BCUT2D eigenvalue weighted by Crippen LogP contribution is 2.26. The Morgan fingerprint density at radius 1 is 1.00 bits per heavy atom. The number of aryl methyl sites for hydroxylation is 1. The number of hydrogen-bond donors (Lipinski definition) is 1. The number of hydrogen-bond acceptors (Lipinski definition) is 5. The molecule has 2 aromatic carbocycles. The van der Waals surface area contributed by atoms with Crippen molar-refractivity contribution in [2.75, 3.05) is 31.1 Å². The molecule has 1 aromatic heterocycles. The van der Waals surface area contributed by atoms with Crippen molar-refractivity contribution in [3.05, 3.63) is 83.8 Å². The molecule has 0 bridgehead atoms. The van der Waals surface area contributed by atoms with Crippen LogP contribution in [-0.2, 0) is 0 Å². The minimum absolute atomic E-state index is 0.277. The molecule has 0 amide bonds. The van der Waals surface area contributed by atoms with E-state index in [0.717, 1.165) is 18.8 Å². The number of halogens is 1. The van der Waals surface area contributed by atoms with Gasteiger partial charge in [-0.15, -0.1) is 0 Å². The number of oxime groups is 1. The van der Waals surface area contributed by atoms with Gasteiger partial charge in [0.1, 0.15) is 11.6 Å². The van der Waals surface area contributed by atoms with Gasteiger partial charge in [0.25, 0.3) is 0 Å². The normalized spacial score (nSPS) is 14.7. The average molecular weight is 406 g/mol. The first-order valence-corrected chi connectivity index (χ1v) is 9.82. The molecule has 0 aliphatic carbocycles. The lowest BCUT2D eigenvalue weighted by molar-refractivity contribution is 0.295.